The zero-order valence-electron chi connectivity index (χ0n) is 18.5. The molecule has 0 radical (unpaired) electrons. The molecule has 1 aromatic heterocycles. The Balaban J connectivity index is 1.64. The topological polar surface area (TPSA) is 69.5 Å². The number of methoxy groups -OCH3 is 2. The average molecular weight is 441 g/mol. The summed E-state index contributed by atoms with van der Waals surface area (Å²) in [6, 6.07) is 24.9. The minimum Gasteiger partial charge on any atom is -0.497 e. The molecule has 166 valence electrons. The van der Waals surface area contributed by atoms with E-state index in [1.807, 2.05) is 71.4 Å². The Kier molecular flexibility index (Phi) is 5.52. The molecule has 0 fully saturated rings. The lowest BCUT2D eigenvalue weighted by molar-refractivity contribution is 0.0960. The summed E-state index contributed by atoms with van der Waals surface area (Å²) in [6.07, 6.45) is 2.15. The molecule has 1 aliphatic rings. The summed E-state index contributed by atoms with van der Waals surface area (Å²) in [5.74, 6) is 1.65. The summed E-state index contributed by atoms with van der Waals surface area (Å²) in [7, 11) is 3.22. The Bertz CT molecular complexity index is 1250. The summed E-state index contributed by atoms with van der Waals surface area (Å²) in [6.45, 7) is 0. The Morgan fingerprint density at radius 1 is 0.848 bits per heavy atom. The number of nitrogens with zero attached hydrogens (tertiary/aromatic N) is 4. The molecule has 0 spiro atoms. The van der Waals surface area contributed by atoms with Gasteiger partial charge in [-0.15, -0.1) is 0 Å². The highest BCUT2D eigenvalue weighted by Gasteiger charge is 2.40. The molecule has 5 rings (SSSR count). The molecule has 0 unspecified atom stereocenters. The Morgan fingerprint density at radius 3 is 2.27 bits per heavy atom. The lowest BCUT2D eigenvalue weighted by atomic mass is 9.91. The van der Waals surface area contributed by atoms with E-state index in [4.69, 9.17) is 9.47 Å². The van der Waals surface area contributed by atoms with Gasteiger partial charge in [0.05, 0.1) is 31.9 Å². The fourth-order valence-corrected chi connectivity index (χ4v) is 4.44. The molecule has 0 saturated heterocycles. The van der Waals surface area contributed by atoms with Crippen molar-refractivity contribution in [3.63, 3.8) is 0 Å². The molecule has 0 N–H and O–H groups in total. The molecule has 2 atom stereocenters. The fraction of sp³-hybridized carbons (Fsp3) is 0.192. The first-order valence-corrected chi connectivity index (χ1v) is 10.8. The summed E-state index contributed by atoms with van der Waals surface area (Å²) >= 11 is 0. The van der Waals surface area contributed by atoms with Crippen LogP contribution in [0.2, 0.25) is 0 Å². The Hall–Kier alpha value is -4.13. The van der Waals surface area contributed by atoms with Crippen LogP contribution in [0, 0.1) is 0 Å². The zero-order chi connectivity index (χ0) is 22.8. The van der Waals surface area contributed by atoms with Crippen molar-refractivity contribution in [3.05, 3.63) is 102 Å². The zero-order valence-corrected chi connectivity index (χ0v) is 18.5. The molecule has 7 nitrogen and oxygen atoms in total. The van der Waals surface area contributed by atoms with Crippen molar-refractivity contribution >= 4 is 11.9 Å². The van der Waals surface area contributed by atoms with Gasteiger partial charge in [0, 0.05) is 0 Å². The quantitative estimate of drug-likeness (QED) is 0.451. The molecule has 0 aliphatic carbocycles. The van der Waals surface area contributed by atoms with Crippen molar-refractivity contribution in [3.8, 4) is 11.5 Å². The number of benzene rings is 3. The first kappa shape index (κ1) is 20.8. The van der Waals surface area contributed by atoms with Gasteiger partial charge >= 0.3 is 0 Å². The third-order valence-electron chi connectivity index (χ3n) is 6.06. The van der Waals surface area contributed by atoms with Crippen LogP contribution in [-0.4, -0.2) is 34.9 Å². The van der Waals surface area contributed by atoms with Gasteiger partial charge in [-0.05, 0) is 41.8 Å². The highest BCUT2D eigenvalue weighted by atomic mass is 16.5. The lowest BCUT2D eigenvalue weighted by Gasteiger charge is -2.39. The van der Waals surface area contributed by atoms with Gasteiger partial charge in [-0.1, -0.05) is 54.6 Å². The van der Waals surface area contributed by atoms with Crippen molar-refractivity contribution in [2.24, 2.45) is 0 Å². The molecule has 4 aromatic rings. The largest absolute Gasteiger partial charge is 0.497 e. The number of ether oxygens (including phenoxy) is 2. The maximum Gasteiger partial charge on any atom is 0.264 e. The van der Waals surface area contributed by atoms with E-state index in [0.717, 1.165) is 16.9 Å². The van der Waals surface area contributed by atoms with Crippen LogP contribution in [0.25, 0.3) is 0 Å². The number of amides is 1. The SMILES string of the molecule is COc1ccc([C@@H]2C[C@@H](c3ccccc3)N(C(=O)c3ccccc3OC)c3ncnn32)cc1. The van der Waals surface area contributed by atoms with E-state index in [1.54, 1.807) is 31.3 Å². The lowest BCUT2D eigenvalue weighted by Crippen LogP contribution is -2.42. The number of para-hydroxylation sites is 1. The Labute approximate surface area is 192 Å². The van der Waals surface area contributed by atoms with Crippen molar-refractivity contribution in [1.82, 2.24) is 14.8 Å². The minimum atomic E-state index is -0.229. The van der Waals surface area contributed by atoms with E-state index in [2.05, 4.69) is 10.1 Å². The number of anilines is 1. The van der Waals surface area contributed by atoms with Gasteiger partial charge in [-0.3, -0.25) is 9.69 Å². The summed E-state index contributed by atoms with van der Waals surface area (Å²) in [5, 5.41) is 4.50. The second-order valence-electron chi connectivity index (χ2n) is 7.83. The molecular weight excluding hydrogens is 416 g/mol. The van der Waals surface area contributed by atoms with Gasteiger partial charge in [0.25, 0.3) is 5.91 Å². The Morgan fingerprint density at radius 2 is 1.55 bits per heavy atom. The molecule has 0 bridgehead atoms. The second kappa shape index (κ2) is 8.78. The van der Waals surface area contributed by atoms with Crippen LogP contribution in [0.4, 0.5) is 5.95 Å². The summed E-state index contributed by atoms with van der Waals surface area (Å²) in [5.41, 5.74) is 2.60. The van der Waals surface area contributed by atoms with Crippen molar-refractivity contribution in [1.29, 1.82) is 0 Å². The van der Waals surface area contributed by atoms with E-state index in [9.17, 15) is 4.79 Å². The summed E-state index contributed by atoms with van der Waals surface area (Å²) < 4.78 is 12.6. The van der Waals surface area contributed by atoms with E-state index >= 15 is 0 Å². The van der Waals surface area contributed by atoms with E-state index < -0.39 is 0 Å². The summed E-state index contributed by atoms with van der Waals surface area (Å²) in [4.78, 5) is 20.2. The standard InChI is InChI=1S/C26H24N4O3/c1-32-20-14-12-19(13-15-20)23-16-22(18-8-4-3-5-9-18)29(26-27-17-28-30(23)26)25(31)21-10-6-7-11-24(21)33-2/h3-15,17,22-23H,16H2,1-2H3/t22-,23-/m0/s1. The molecule has 3 aromatic carbocycles. The van der Waals surface area contributed by atoms with Crippen molar-refractivity contribution < 1.29 is 14.3 Å². The maximum absolute atomic E-state index is 13.9. The minimum absolute atomic E-state index is 0.0830. The van der Waals surface area contributed by atoms with Gasteiger partial charge in [-0.25, -0.2) is 4.68 Å². The van der Waals surface area contributed by atoms with Gasteiger partial charge in [0.15, 0.2) is 0 Å². The predicted octanol–water partition coefficient (Wildman–Crippen LogP) is 4.68. The molecule has 0 saturated carbocycles. The third-order valence-corrected chi connectivity index (χ3v) is 6.06. The molecule has 1 amide bonds. The monoisotopic (exact) mass is 440 g/mol. The van der Waals surface area contributed by atoms with Crippen LogP contribution in [0.1, 0.15) is 40.0 Å². The van der Waals surface area contributed by atoms with Crippen molar-refractivity contribution in [2.75, 3.05) is 19.1 Å². The number of carbonyl (C=O) groups excluding carboxylic acids is 1. The molecule has 2 heterocycles. The van der Waals surface area contributed by atoms with E-state index in [0.29, 0.717) is 23.7 Å². The van der Waals surface area contributed by atoms with Crippen LogP contribution in [0.15, 0.2) is 85.2 Å². The van der Waals surface area contributed by atoms with Crippen molar-refractivity contribution in [2.45, 2.75) is 18.5 Å². The number of hydrogen-bond acceptors (Lipinski definition) is 5. The number of fused-ring (bicyclic) bond motifs is 1. The fourth-order valence-electron chi connectivity index (χ4n) is 4.44. The first-order chi connectivity index (χ1) is 16.2. The van der Waals surface area contributed by atoms with Gasteiger partial charge in [0.2, 0.25) is 5.95 Å². The maximum atomic E-state index is 13.9. The molecular formula is C26H24N4O3. The van der Waals surface area contributed by atoms with Gasteiger partial charge in [-0.2, -0.15) is 10.1 Å². The van der Waals surface area contributed by atoms with Crippen LogP contribution >= 0.6 is 0 Å². The second-order valence-corrected chi connectivity index (χ2v) is 7.83. The normalized spacial score (nSPS) is 17.3. The first-order valence-electron chi connectivity index (χ1n) is 10.8. The number of hydrogen-bond donors (Lipinski definition) is 0. The number of rotatable bonds is 5. The van der Waals surface area contributed by atoms with Gasteiger partial charge in [0.1, 0.15) is 17.8 Å². The van der Waals surface area contributed by atoms with E-state index in [-0.39, 0.29) is 18.0 Å². The smallest absolute Gasteiger partial charge is 0.264 e. The molecule has 1 aliphatic heterocycles. The average Bonchev–Trinajstić information content (AvgIpc) is 3.38. The molecule has 33 heavy (non-hydrogen) atoms. The van der Waals surface area contributed by atoms with Gasteiger partial charge < -0.3 is 9.47 Å². The highest BCUT2D eigenvalue weighted by Crippen LogP contribution is 2.43. The predicted molar refractivity (Wildman–Crippen MR) is 125 cm³/mol. The molecule has 7 heteroatoms. The highest BCUT2D eigenvalue weighted by molar-refractivity contribution is 6.07. The van der Waals surface area contributed by atoms with Crippen LogP contribution in [-0.2, 0) is 0 Å². The van der Waals surface area contributed by atoms with Crippen LogP contribution < -0.4 is 14.4 Å². The van der Waals surface area contributed by atoms with E-state index in [1.165, 1.54) is 6.33 Å². The number of carbonyl (C=O) groups is 1. The third kappa shape index (κ3) is 3.71. The van der Waals surface area contributed by atoms with Crippen LogP contribution in [0.5, 0.6) is 11.5 Å². The number of aromatic nitrogens is 3. The van der Waals surface area contributed by atoms with Crippen LogP contribution in [0.3, 0.4) is 0 Å².